The number of aliphatic carboxylic acids is 1. The first-order valence-electron chi connectivity index (χ1n) is 7.35. The van der Waals surface area contributed by atoms with Gasteiger partial charge >= 0.3 is 12.1 Å². The number of alkyl carbamates (subject to hydrolysis) is 1. The van der Waals surface area contributed by atoms with Crippen LogP contribution in [0.5, 0.6) is 11.5 Å². The maximum atomic E-state index is 11.8. The number of carboxylic acid groups (broad SMARTS) is 1. The average molecular weight is 323 g/mol. The summed E-state index contributed by atoms with van der Waals surface area (Å²) >= 11 is 0. The van der Waals surface area contributed by atoms with E-state index in [9.17, 15) is 14.7 Å². The van der Waals surface area contributed by atoms with Gasteiger partial charge in [-0.15, -0.1) is 0 Å². The molecule has 0 saturated carbocycles. The van der Waals surface area contributed by atoms with Gasteiger partial charge in [-0.1, -0.05) is 6.07 Å². The molecular weight excluding hydrogens is 302 g/mol. The van der Waals surface area contributed by atoms with Gasteiger partial charge in [0, 0.05) is 6.42 Å². The van der Waals surface area contributed by atoms with Crippen molar-refractivity contribution in [3.05, 3.63) is 23.8 Å². The molecule has 1 aromatic rings. The molecule has 23 heavy (non-hydrogen) atoms. The average Bonchev–Trinajstić information content (AvgIpc) is 2.44. The smallest absolute Gasteiger partial charge is 0.408 e. The highest BCUT2D eigenvalue weighted by molar-refractivity contribution is 5.80. The summed E-state index contributed by atoms with van der Waals surface area (Å²) in [6.07, 6.45) is -0.645. The summed E-state index contributed by atoms with van der Waals surface area (Å²) in [6, 6.07) is 4.12. The molecule has 2 N–H and O–H groups in total. The summed E-state index contributed by atoms with van der Waals surface area (Å²) in [7, 11) is 0. The van der Waals surface area contributed by atoms with Gasteiger partial charge < -0.3 is 24.6 Å². The first-order valence-corrected chi connectivity index (χ1v) is 7.35. The van der Waals surface area contributed by atoms with Crippen molar-refractivity contribution in [2.24, 2.45) is 0 Å². The van der Waals surface area contributed by atoms with Gasteiger partial charge in [0.2, 0.25) is 0 Å². The summed E-state index contributed by atoms with van der Waals surface area (Å²) in [5, 5.41) is 11.7. The predicted octanol–water partition coefficient (Wildman–Crippen LogP) is 1.98. The number of carboxylic acids is 1. The van der Waals surface area contributed by atoms with Crippen molar-refractivity contribution >= 4 is 12.1 Å². The second-order valence-electron chi connectivity index (χ2n) is 6.22. The minimum Gasteiger partial charge on any atom is -0.486 e. The van der Waals surface area contributed by atoms with E-state index in [1.54, 1.807) is 39.0 Å². The normalized spacial score (nSPS) is 14.7. The fourth-order valence-corrected chi connectivity index (χ4v) is 2.10. The van der Waals surface area contributed by atoms with Gasteiger partial charge in [0.05, 0.1) is 0 Å². The number of benzene rings is 1. The lowest BCUT2D eigenvalue weighted by Gasteiger charge is -2.22. The van der Waals surface area contributed by atoms with Gasteiger partial charge in [0.15, 0.2) is 11.5 Å². The summed E-state index contributed by atoms with van der Waals surface area (Å²) < 4.78 is 16.0. The van der Waals surface area contributed by atoms with E-state index in [0.29, 0.717) is 24.7 Å². The minimum absolute atomic E-state index is 0.116. The number of hydrogen-bond donors (Lipinski definition) is 2. The molecule has 0 aliphatic carbocycles. The fourth-order valence-electron chi connectivity index (χ4n) is 2.10. The summed E-state index contributed by atoms with van der Waals surface area (Å²) in [5.74, 6) is 0.0767. The van der Waals surface area contributed by atoms with Crippen LogP contribution in [-0.4, -0.2) is 42.0 Å². The van der Waals surface area contributed by atoms with Gasteiger partial charge in [0.1, 0.15) is 24.9 Å². The molecule has 1 heterocycles. The van der Waals surface area contributed by atoms with Crippen LogP contribution in [0.3, 0.4) is 0 Å². The number of carbonyl (C=O) groups is 2. The lowest BCUT2D eigenvalue weighted by atomic mass is 10.1. The third-order valence-corrected chi connectivity index (χ3v) is 3.04. The summed E-state index contributed by atoms with van der Waals surface area (Å²) in [5.41, 5.74) is 0.0298. The summed E-state index contributed by atoms with van der Waals surface area (Å²) in [6.45, 7) is 6.08. The molecule has 0 fully saturated rings. The van der Waals surface area contributed by atoms with Gasteiger partial charge in [-0.25, -0.2) is 9.59 Å². The second-order valence-corrected chi connectivity index (χ2v) is 6.22. The molecule has 0 aromatic heterocycles. The van der Waals surface area contributed by atoms with Crippen LogP contribution in [0.4, 0.5) is 4.79 Å². The Morgan fingerprint density at radius 3 is 2.52 bits per heavy atom. The molecule has 1 amide bonds. The number of rotatable bonds is 4. The van der Waals surface area contributed by atoms with Crippen LogP contribution in [0.25, 0.3) is 0 Å². The highest BCUT2D eigenvalue weighted by Gasteiger charge is 2.25. The maximum Gasteiger partial charge on any atom is 0.408 e. The van der Waals surface area contributed by atoms with Crippen LogP contribution in [0.2, 0.25) is 0 Å². The van der Waals surface area contributed by atoms with Crippen molar-refractivity contribution in [1.82, 2.24) is 5.32 Å². The first kappa shape index (κ1) is 16.9. The number of fused-ring (bicyclic) bond motifs is 1. The molecule has 7 nitrogen and oxygen atoms in total. The molecule has 0 spiro atoms. The lowest BCUT2D eigenvalue weighted by molar-refractivity contribution is -0.139. The van der Waals surface area contributed by atoms with Crippen LogP contribution < -0.4 is 14.8 Å². The molecule has 0 saturated heterocycles. The zero-order valence-electron chi connectivity index (χ0n) is 13.4. The molecule has 0 radical (unpaired) electrons. The number of nitrogens with one attached hydrogen (secondary N) is 1. The minimum atomic E-state index is -1.13. The van der Waals surface area contributed by atoms with Crippen molar-refractivity contribution < 1.29 is 28.9 Å². The molecule has 2 rings (SSSR count). The number of ether oxygens (including phenoxy) is 3. The van der Waals surface area contributed by atoms with Crippen molar-refractivity contribution in [3.8, 4) is 11.5 Å². The quantitative estimate of drug-likeness (QED) is 0.880. The third-order valence-electron chi connectivity index (χ3n) is 3.04. The second kappa shape index (κ2) is 6.76. The number of carbonyl (C=O) groups excluding carboxylic acids is 1. The molecule has 0 bridgehead atoms. The van der Waals surface area contributed by atoms with E-state index in [-0.39, 0.29) is 6.42 Å². The molecule has 1 unspecified atom stereocenters. The highest BCUT2D eigenvalue weighted by atomic mass is 16.6. The lowest BCUT2D eigenvalue weighted by Crippen LogP contribution is -2.44. The fraction of sp³-hybridized carbons (Fsp3) is 0.500. The Morgan fingerprint density at radius 2 is 1.91 bits per heavy atom. The Kier molecular flexibility index (Phi) is 4.98. The predicted molar refractivity (Wildman–Crippen MR) is 81.9 cm³/mol. The Hall–Kier alpha value is -2.44. The molecule has 1 aliphatic heterocycles. The summed E-state index contributed by atoms with van der Waals surface area (Å²) in [4.78, 5) is 23.1. The van der Waals surface area contributed by atoms with Gasteiger partial charge in [-0.2, -0.15) is 0 Å². The monoisotopic (exact) mass is 323 g/mol. The molecular formula is C16H21NO6. The van der Waals surface area contributed by atoms with Gasteiger partial charge in [-0.05, 0) is 38.5 Å². The Morgan fingerprint density at radius 1 is 1.26 bits per heavy atom. The highest BCUT2D eigenvalue weighted by Crippen LogP contribution is 2.31. The zero-order chi connectivity index (χ0) is 17.0. The molecule has 1 aliphatic rings. The van der Waals surface area contributed by atoms with E-state index in [4.69, 9.17) is 14.2 Å². The van der Waals surface area contributed by atoms with Gasteiger partial charge in [-0.3, -0.25) is 0 Å². The van der Waals surface area contributed by atoms with Crippen molar-refractivity contribution in [3.63, 3.8) is 0 Å². The van der Waals surface area contributed by atoms with Crippen molar-refractivity contribution in [1.29, 1.82) is 0 Å². The number of hydrogen-bond acceptors (Lipinski definition) is 5. The van der Waals surface area contributed by atoms with Crippen LogP contribution in [0.15, 0.2) is 18.2 Å². The standard InChI is InChI=1S/C16H21NO6/c1-16(2,3)23-15(20)17-11(14(18)19)8-10-4-5-12-13(9-10)22-7-6-21-12/h4-5,9,11H,6-8H2,1-3H3,(H,17,20)(H,18,19). The van der Waals surface area contributed by atoms with E-state index >= 15 is 0 Å². The van der Waals surface area contributed by atoms with E-state index in [1.165, 1.54) is 0 Å². The molecule has 126 valence electrons. The topological polar surface area (TPSA) is 94.1 Å². The van der Waals surface area contributed by atoms with E-state index in [1.807, 2.05) is 0 Å². The Balaban J connectivity index is 2.04. The Labute approximate surface area is 134 Å². The van der Waals surface area contributed by atoms with E-state index < -0.39 is 23.7 Å². The maximum absolute atomic E-state index is 11.8. The SMILES string of the molecule is CC(C)(C)OC(=O)NC(Cc1ccc2c(c1)OCCO2)C(=O)O. The zero-order valence-corrected chi connectivity index (χ0v) is 13.4. The van der Waals surface area contributed by atoms with Crippen LogP contribution >= 0.6 is 0 Å². The largest absolute Gasteiger partial charge is 0.486 e. The molecule has 1 aromatic carbocycles. The van der Waals surface area contributed by atoms with Crippen LogP contribution in [0, 0.1) is 0 Å². The third kappa shape index (κ3) is 5.05. The van der Waals surface area contributed by atoms with Crippen LogP contribution in [-0.2, 0) is 16.0 Å². The Bertz CT molecular complexity index is 593. The van der Waals surface area contributed by atoms with E-state index in [2.05, 4.69) is 5.32 Å². The molecule has 7 heteroatoms. The van der Waals surface area contributed by atoms with Crippen molar-refractivity contribution in [2.45, 2.75) is 38.8 Å². The number of amides is 1. The van der Waals surface area contributed by atoms with Crippen molar-refractivity contribution in [2.75, 3.05) is 13.2 Å². The molecule has 1 atom stereocenters. The van der Waals surface area contributed by atoms with Crippen LogP contribution in [0.1, 0.15) is 26.3 Å². The first-order chi connectivity index (χ1) is 10.7. The van der Waals surface area contributed by atoms with E-state index in [0.717, 1.165) is 5.56 Å². The van der Waals surface area contributed by atoms with Gasteiger partial charge in [0.25, 0.3) is 0 Å².